The molecule has 3 heteroatoms. The number of hydrogen-bond acceptors (Lipinski definition) is 2. The van der Waals surface area contributed by atoms with Crippen LogP contribution in [-0.2, 0) is 6.54 Å². The topological polar surface area (TPSA) is 24.9 Å². The Morgan fingerprint density at radius 3 is 3.07 bits per heavy atom. The van der Waals surface area contributed by atoms with Crippen LogP contribution in [0.15, 0.2) is 18.3 Å². The van der Waals surface area contributed by atoms with Gasteiger partial charge < -0.3 is 5.32 Å². The molecule has 15 heavy (non-hydrogen) atoms. The number of hydrogen-bond donors (Lipinski definition) is 1. The molecule has 2 rings (SSSR count). The van der Waals surface area contributed by atoms with Crippen LogP contribution in [0, 0.1) is 6.92 Å². The molecule has 0 unspecified atom stereocenters. The van der Waals surface area contributed by atoms with Gasteiger partial charge in [-0.05, 0) is 37.8 Å². The third-order valence-corrected chi connectivity index (χ3v) is 3.07. The van der Waals surface area contributed by atoms with Crippen LogP contribution in [0.1, 0.15) is 30.5 Å². The van der Waals surface area contributed by atoms with Crippen LogP contribution in [-0.4, -0.2) is 17.2 Å². The minimum Gasteiger partial charge on any atom is -0.310 e. The van der Waals surface area contributed by atoms with Crippen molar-refractivity contribution >= 4 is 0 Å². The smallest absolute Gasteiger partial charge is 0.102 e. The van der Waals surface area contributed by atoms with E-state index in [-0.39, 0.29) is 0 Å². The molecule has 0 aromatic carbocycles. The Morgan fingerprint density at radius 1 is 1.53 bits per heavy atom. The van der Waals surface area contributed by atoms with Crippen LogP contribution >= 0.6 is 0 Å². The molecule has 1 saturated carbocycles. The summed E-state index contributed by atoms with van der Waals surface area (Å²) in [5.74, 6) is 0. The fourth-order valence-electron chi connectivity index (χ4n) is 2.07. The predicted octanol–water partition coefficient (Wildman–Crippen LogP) is 2.37. The van der Waals surface area contributed by atoms with E-state index in [2.05, 4.69) is 16.4 Å². The second-order valence-electron chi connectivity index (χ2n) is 4.24. The highest BCUT2D eigenvalue weighted by molar-refractivity contribution is 5.17. The molecular weight excluding hydrogens is 191 g/mol. The predicted molar refractivity (Wildman–Crippen MR) is 58.3 cm³/mol. The highest BCUT2D eigenvalue weighted by atomic mass is 19.1. The van der Waals surface area contributed by atoms with Gasteiger partial charge in [0, 0.05) is 24.5 Å². The van der Waals surface area contributed by atoms with Gasteiger partial charge in [-0.2, -0.15) is 0 Å². The molecule has 0 bridgehead atoms. The molecule has 1 aromatic heterocycles. The molecule has 0 spiro atoms. The van der Waals surface area contributed by atoms with Crippen molar-refractivity contribution in [3.05, 3.63) is 29.6 Å². The zero-order chi connectivity index (χ0) is 10.7. The van der Waals surface area contributed by atoms with E-state index in [4.69, 9.17) is 0 Å². The summed E-state index contributed by atoms with van der Waals surface area (Å²) < 4.78 is 12.9. The van der Waals surface area contributed by atoms with E-state index in [1.54, 1.807) is 6.20 Å². The largest absolute Gasteiger partial charge is 0.310 e. The fourth-order valence-corrected chi connectivity index (χ4v) is 2.07. The molecule has 2 atom stereocenters. The normalized spacial score (nSPS) is 25.7. The van der Waals surface area contributed by atoms with E-state index in [1.807, 2.05) is 13.0 Å². The number of nitrogens with zero attached hydrogens (tertiary/aromatic N) is 1. The average Bonchev–Trinajstić information content (AvgIpc) is 2.63. The van der Waals surface area contributed by atoms with E-state index in [9.17, 15) is 4.39 Å². The molecule has 1 aliphatic rings. The lowest BCUT2D eigenvalue weighted by molar-refractivity contribution is 0.333. The SMILES string of the molecule is Cc1ncccc1CN[C@@H]1CC[C@@H](F)C1. The van der Waals surface area contributed by atoms with Crippen molar-refractivity contribution in [1.82, 2.24) is 10.3 Å². The van der Waals surface area contributed by atoms with E-state index in [0.29, 0.717) is 18.9 Å². The van der Waals surface area contributed by atoms with Crippen molar-refractivity contribution in [1.29, 1.82) is 0 Å². The van der Waals surface area contributed by atoms with Gasteiger partial charge in [-0.25, -0.2) is 4.39 Å². The number of rotatable bonds is 3. The number of pyridine rings is 1. The van der Waals surface area contributed by atoms with Gasteiger partial charge >= 0.3 is 0 Å². The van der Waals surface area contributed by atoms with Gasteiger partial charge in [0.15, 0.2) is 0 Å². The third kappa shape index (κ3) is 2.75. The van der Waals surface area contributed by atoms with Gasteiger partial charge in [0.05, 0.1) is 0 Å². The Bertz CT molecular complexity index is 327. The van der Waals surface area contributed by atoms with Crippen molar-refractivity contribution in [2.45, 2.75) is 44.9 Å². The molecule has 1 heterocycles. The molecule has 0 aliphatic heterocycles. The number of halogens is 1. The van der Waals surface area contributed by atoms with Gasteiger partial charge in [0.25, 0.3) is 0 Å². The van der Waals surface area contributed by atoms with E-state index in [0.717, 1.165) is 18.7 Å². The Morgan fingerprint density at radius 2 is 2.40 bits per heavy atom. The molecule has 1 aliphatic carbocycles. The van der Waals surface area contributed by atoms with Gasteiger partial charge in [-0.3, -0.25) is 4.98 Å². The maximum Gasteiger partial charge on any atom is 0.102 e. The van der Waals surface area contributed by atoms with Crippen molar-refractivity contribution in [3.63, 3.8) is 0 Å². The molecule has 1 N–H and O–H groups in total. The minimum absolute atomic E-state index is 0.347. The van der Waals surface area contributed by atoms with E-state index < -0.39 is 6.17 Å². The van der Waals surface area contributed by atoms with Crippen LogP contribution in [0.25, 0.3) is 0 Å². The summed E-state index contributed by atoms with van der Waals surface area (Å²) in [6.45, 7) is 2.81. The van der Waals surface area contributed by atoms with Crippen molar-refractivity contribution in [2.75, 3.05) is 0 Å². The van der Waals surface area contributed by atoms with Gasteiger partial charge in [-0.15, -0.1) is 0 Å². The Labute approximate surface area is 89.9 Å². The first kappa shape index (κ1) is 10.6. The maximum absolute atomic E-state index is 12.9. The summed E-state index contributed by atoms with van der Waals surface area (Å²) >= 11 is 0. The summed E-state index contributed by atoms with van der Waals surface area (Å²) in [5, 5.41) is 3.39. The third-order valence-electron chi connectivity index (χ3n) is 3.07. The van der Waals surface area contributed by atoms with Gasteiger partial charge in [-0.1, -0.05) is 6.07 Å². The van der Waals surface area contributed by atoms with E-state index in [1.165, 1.54) is 5.56 Å². The van der Waals surface area contributed by atoms with Crippen LogP contribution in [0.3, 0.4) is 0 Å². The standard InChI is InChI=1S/C12H17FN2/c1-9-10(3-2-6-14-9)8-15-12-5-4-11(13)7-12/h2-3,6,11-12,15H,4-5,7-8H2,1H3/t11-,12-/m1/s1. The number of nitrogens with one attached hydrogen (secondary N) is 1. The van der Waals surface area contributed by atoms with E-state index >= 15 is 0 Å². The van der Waals surface area contributed by atoms with Crippen LogP contribution < -0.4 is 5.32 Å². The Kier molecular flexibility index (Phi) is 3.31. The highest BCUT2D eigenvalue weighted by Crippen LogP contribution is 2.22. The highest BCUT2D eigenvalue weighted by Gasteiger charge is 2.23. The molecular formula is C12H17FN2. The van der Waals surface area contributed by atoms with Crippen molar-refractivity contribution in [3.8, 4) is 0 Å². The first-order chi connectivity index (χ1) is 7.25. The van der Waals surface area contributed by atoms with Crippen molar-refractivity contribution in [2.24, 2.45) is 0 Å². The van der Waals surface area contributed by atoms with Gasteiger partial charge in [0.2, 0.25) is 0 Å². The van der Waals surface area contributed by atoms with Crippen LogP contribution in [0.4, 0.5) is 4.39 Å². The Balaban J connectivity index is 1.86. The number of aromatic nitrogens is 1. The second-order valence-corrected chi connectivity index (χ2v) is 4.24. The quantitative estimate of drug-likeness (QED) is 0.825. The molecule has 82 valence electrons. The minimum atomic E-state index is -0.600. The lowest BCUT2D eigenvalue weighted by Crippen LogP contribution is -2.26. The second kappa shape index (κ2) is 4.71. The molecule has 0 amide bonds. The Hall–Kier alpha value is -0.960. The zero-order valence-electron chi connectivity index (χ0n) is 9.04. The maximum atomic E-state index is 12.9. The first-order valence-electron chi connectivity index (χ1n) is 5.53. The molecule has 0 radical (unpaired) electrons. The molecule has 2 nitrogen and oxygen atoms in total. The monoisotopic (exact) mass is 208 g/mol. The molecule has 0 saturated heterocycles. The summed E-state index contributed by atoms with van der Waals surface area (Å²) in [6.07, 6.45) is 3.53. The average molecular weight is 208 g/mol. The molecule has 1 fully saturated rings. The lowest BCUT2D eigenvalue weighted by atomic mass is 10.2. The van der Waals surface area contributed by atoms with Crippen LogP contribution in [0.2, 0.25) is 0 Å². The zero-order valence-corrected chi connectivity index (χ0v) is 9.04. The number of alkyl halides is 1. The molecule has 1 aromatic rings. The summed E-state index contributed by atoms with van der Waals surface area (Å²) in [7, 11) is 0. The van der Waals surface area contributed by atoms with Crippen LogP contribution in [0.5, 0.6) is 0 Å². The summed E-state index contributed by atoms with van der Waals surface area (Å²) in [5.41, 5.74) is 2.26. The lowest BCUT2D eigenvalue weighted by Gasteiger charge is -2.12. The first-order valence-corrected chi connectivity index (χ1v) is 5.53. The number of aryl methyl sites for hydroxylation is 1. The summed E-state index contributed by atoms with van der Waals surface area (Å²) in [4.78, 5) is 4.23. The van der Waals surface area contributed by atoms with Gasteiger partial charge in [0.1, 0.15) is 6.17 Å². The van der Waals surface area contributed by atoms with Crippen molar-refractivity contribution < 1.29 is 4.39 Å². The fraction of sp³-hybridized carbons (Fsp3) is 0.583. The summed E-state index contributed by atoms with van der Waals surface area (Å²) in [6, 6.07) is 4.35.